The molecule has 1 aliphatic rings. The van der Waals surface area contributed by atoms with Crippen LogP contribution in [-0.2, 0) is 0 Å². The first kappa shape index (κ1) is 11.2. The summed E-state index contributed by atoms with van der Waals surface area (Å²) >= 11 is 5.90. The van der Waals surface area contributed by atoms with Gasteiger partial charge in [-0.2, -0.15) is 0 Å². The first-order valence-electron chi connectivity index (χ1n) is 5.39. The van der Waals surface area contributed by atoms with Crippen LogP contribution in [-0.4, -0.2) is 16.9 Å². The minimum absolute atomic E-state index is 0.216. The number of amides is 1. The van der Waals surface area contributed by atoms with E-state index in [1.807, 2.05) is 0 Å². The highest BCUT2D eigenvalue weighted by Crippen LogP contribution is 2.20. The van der Waals surface area contributed by atoms with Gasteiger partial charge in [-0.3, -0.25) is 4.79 Å². The molecule has 0 atom stereocenters. The first-order valence-corrected chi connectivity index (χ1v) is 5.77. The van der Waals surface area contributed by atoms with E-state index < -0.39 is 0 Å². The molecule has 1 saturated carbocycles. The highest BCUT2D eigenvalue weighted by atomic mass is 35.5. The fourth-order valence-electron chi connectivity index (χ4n) is 1.94. The SMILES string of the molecule is Nc1ccc(Cl)c(C(=O)NC2CCCC2)n1. The van der Waals surface area contributed by atoms with Crippen molar-refractivity contribution in [3.8, 4) is 0 Å². The molecule has 0 aliphatic heterocycles. The van der Waals surface area contributed by atoms with Gasteiger partial charge in [-0.15, -0.1) is 0 Å². The summed E-state index contributed by atoms with van der Waals surface area (Å²) in [6.45, 7) is 0. The molecule has 0 unspecified atom stereocenters. The quantitative estimate of drug-likeness (QED) is 0.829. The Bertz CT molecular complexity index is 402. The molecule has 1 heterocycles. The zero-order valence-electron chi connectivity index (χ0n) is 8.87. The van der Waals surface area contributed by atoms with Crippen molar-refractivity contribution in [3.05, 3.63) is 22.8 Å². The zero-order valence-corrected chi connectivity index (χ0v) is 9.63. The third-order valence-electron chi connectivity index (χ3n) is 2.77. The van der Waals surface area contributed by atoms with Crippen molar-refractivity contribution in [2.75, 3.05) is 5.73 Å². The van der Waals surface area contributed by atoms with Gasteiger partial charge in [-0.05, 0) is 25.0 Å². The number of anilines is 1. The van der Waals surface area contributed by atoms with Crippen molar-refractivity contribution in [2.24, 2.45) is 0 Å². The summed E-state index contributed by atoms with van der Waals surface area (Å²) in [6, 6.07) is 3.43. The lowest BCUT2D eigenvalue weighted by Crippen LogP contribution is -2.33. The number of nitrogens with two attached hydrogens (primary N) is 1. The number of aromatic nitrogens is 1. The number of nitrogen functional groups attached to an aromatic ring is 1. The minimum atomic E-state index is -0.232. The Morgan fingerprint density at radius 3 is 2.81 bits per heavy atom. The van der Waals surface area contributed by atoms with Gasteiger partial charge in [0, 0.05) is 6.04 Å². The number of hydrogen-bond acceptors (Lipinski definition) is 3. The van der Waals surface area contributed by atoms with Gasteiger partial charge in [0.2, 0.25) is 0 Å². The topological polar surface area (TPSA) is 68.0 Å². The standard InChI is InChI=1S/C11H14ClN3O/c12-8-5-6-9(13)15-10(8)11(16)14-7-3-1-2-4-7/h5-7H,1-4H2,(H2,13,15)(H,14,16). The Labute approximate surface area is 99.2 Å². The van der Waals surface area contributed by atoms with E-state index in [0.717, 1.165) is 12.8 Å². The van der Waals surface area contributed by atoms with Gasteiger partial charge in [-0.1, -0.05) is 24.4 Å². The van der Waals surface area contributed by atoms with Crippen LogP contribution in [0.3, 0.4) is 0 Å². The lowest BCUT2D eigenvalue weighted by atomic mass is 10.2. The maximum absolute atomic E-state index is 11.9. The number of pyridine rings is 1. The Balaban J connectivity index is 2.10. The van der Waals surface area contributed by atoms with Crippen LogP contribution in [0.15, 0.2) is 12.1 Å². The second kappa shape index (κ2) is 4.70. The molecule has 2 rings (SSSR count). The number of carbonyl (C=O) groups excluding carboxylic acids is 1. The van der Waals surface area contributed by atoms with Crippen LogP contribution in [0.1, 0.15) is 36.2 Å². The molecule has 0 aromatic carbocycles. The number of hydrogen-bond donors (Lipinski definition) is 2. The van der Waals surface area contributed by atoms with E-state index in [2.05, 4.69) is 10.3 Å². The molecule has 0 bridgehead atoms. The molecule has 1 aromatic rings. The third-order valence-corrected chi connectivity index (χ3v) is 3.08. The predicted octanol–water partition coefficient (Wildman–Crippen LogP) is 1.99. The van der Waals surface area contributed by atoms with Crippen LogP contribution in [0.5, 0.6) is 0 Å². The number of rotatable bonds is 2. The highest BCUT2D eigenvalue weighted by Gasteiger charge is 2.20. The van der Waals surface area contributed by atoms with E-state index in [1.165, 1.54) is 12.8 Å². The molecule has 1 fully saturated rings. The maximum atomic E-state index is 11.9. The summed E-state index contributed by atoms with van der Waals surface area (Å²) in [4.78, 5) is 15.8. The predicted molar refractivity (Wildman–Crippen MR) is 63.4 cm³/mol. The van der Waals surface area contributed by atoms with Crippen LogP contribution in [0.2, 0.25) is 5.02 Å². The van der Waals surface area contributed by atoms with Crippen LogP contribution in [0, 0.1) is 0 Å². The van der Waals surface area contributed by atoms with Gasteiger partial charge in [0.15, 0.2) is 0 Å². The summed E-state index contributed by atoms with van der Waals surface area (Å²) in [6.07, 6.45) is 4.41. The molecule has 5 heteroatoms. The smallest absolute Gasteiger partial charge is 0.271 e. The molecule has 16 heavy (non-hydrogen) atoms. The lowest BCUT2D eigenvalue weighted by molar-refractivity contribution is 0.0933. The average molecular weight is 240 g/mol. The van der Waals surface area contributed by atoms with Gasteiger partial charge in [0.1, 0.15) is 11.5 Å². The number of halogens is 1. The fourth-order valence-corrected chi connectivity index (χ4v) is 2.13. The fraction of sp³-hybridized carbons (Fsp3) is 0.455. The molecule has 1 aromatic heterocycles. The first-order chi connectivity index (χ1) is 7.66. The molecule has 0 spiro atoms. The number of carbonyl (C=O) groups is 1. The normalized spacial score (nSPS) is 16.3. The molecule has 3 N–H and O–H groups in total. The van der Waals surface area contributed by atoms with E-state index >= 15 is 0 Å². The molecule has 1 aliphatic carbocycles. The molecule has 86 valence electrons. The van der Waals surface area contributed by atoms with E-state index in [1.54, 1.807) is 12.1 Å². The third kappa shape index (κ3) is 2.44. The van der Waals surface area contributed by atoms with E-state index in [-0.39, 0.29) is 17.6 Å². The van der Waals surface area contributed by atoms with Gasteiger partial charge in [-0.25, -0.2) is 4.98 Å². The average Bonchev–Trinajstić information content (AvgIpc) is 2.74. The summed E-state index contributed by atoms with van der Waals surface area (Å²) in [5.41, 5.74) is 5.74. The van der Waals surface area contributed by atoms with Gasteiger partial charge in [0.05, 0.1) is 5.02 Å². The molecule has 1 amide bonds. The van der Waals surface area contributed by atoms with Crippen LogP contribution in [0.25, 0.3) is 0 Å². The lowest BCUT2D eigenvalue weighted by Gasteiger charge is -2.12. The Hall–Kier alpha value is -1.29. The van der Waals surface area contributed by atoms with Gasteiger partial charge >= 0.3 is 0 Å². The largest absolute Gasteiger partial charge is 0.384 e. The van der Waals surface area contributed by atoms with Crippen LogP contribution >= 0.6 is 11.6 Å². The second-order valence-corrected chi connectivity index (χ2v) is 4.43. The zero-order chi connectivity index (χ0) is 11.5. The van der Waals surface area contributed by atoms with Crippen LogP contribution in [0.4, 0.5) is 5.82 Å². The summed E-state index contributed by atoms with van der Waals surface area (Å²) in [7, 11) is 0. The van der Waals surface area contributed by atoms with Crippen LogP contribution < -0.4 is 11.1 Å². The van der Waals surface area contributed by atoms with Crippen molar-refractivity contribution < 1.29 is 4.79 Å². The van der Waals surface area contributed by atoms with Crippen molar-refractivity contribution in [3.63, 3.8) is 0 Å². The van der Waals surface area contributed by atoms with E-state index in [4.69, 9.17) is 17.3 Å². The van der Waals surface area contributed by atoms with E-state index in [0.29, 0.717) is 10.8 Å². The molecule has 4 nitrogen and oxygen atoms in total. The number of nitrogens with one attached hydrogen (secondary N) is 1. The van der Waals surface area contributed by atoms with Crippen molar-refractivity contribution >= 4 is 23.3 Å². The molecular formula is C11H14ClN3O. The van der Waals surface area contributed by atoms with Gasteiger partial charge < -0.3 is 11.1 Å². The van der Waals surface area contributed by atoms with E-state index in [9.17, 15) is 4.79 Å². The summed E-state index contributed by atoms with van der Waals surface area (Å²) in [5.74, 6) is 0.0742. The monoisotopic (exact) mass is 239 g/mol. The summed E-state index contributed by atoms with van der Waals surface area (Å²) < 4.78 is 0. The Morgan fingerprint density at radius 1 is 1.44 bits per heavy atom. The maximum Gasteiger partial charge on any atom is 0.271 e. The van der Waals surface area contributed by atoms with Crippen molar-refractivity contribution in [2.45, 2.75) is 31.7 Å². The second-order valence-electron chi connectivity index (χ2n) is 4.02. The van der Waals surface area contributed by atoms with Crippen molar-refractivity contribution in [1.82, 2.24) is 10.3 Å². The van der Waals surface area contributed by atoms with Crippen molar-refractivity contribution in [1.29, 1.82) is 0 Å². The Morgan fingerprint density at radius 2 is 2.12 bits per heavy atom. The minimum Gasteiger partial charge on any atom is -0.384 e. The molecule has 0 radical (unpaired) electrons. The molecular weight excluding hydrogens is 226 g/mol. The molecule has 0 saturated heterocycles. The Kier molecular flexibility index (Phi) is 3.29. The summed E-state index contributed by atoms with van der Waals surface area (Å²) in [5, 5.41) is 3.26. The van der Waals surface area contributed by atoms with Gasteiger partial charge in [0.25, 0.3) is 5.91 Å². The number of nitrogens with zero attached hydrogens (tertiary/aromatic N) is 1. The highest BCUT2D eigenvalue weighted by molar-refractivity contribution is 6.33.